The fraction of sp³-hybridized carbons (Fsp3) is 0.263. The molecule has 1 aliphatic rings. The van der Waals surface area contributed by atoms with Crippen LogP contribution in [-0.2, 0) is 21.4 Å². The van der Waals surface area contributed by atoms with Crippen LogP contribution in [0.4, 0.5) is 0 Å². The van der Waals surface area contributed by atoms with Crippen molar-refractivity contribution < 1.29 is 13.2 Å². The van der Waals surface area contributed by atoms with Gasteiger partial charge in [0.05, 0.1) is 4.90 Å². The van der Waals surface area contributed by atoms with E-state index in [4.69, 9.17) is 11.6 Å². The molecule has 0 unspecified atom stereocenters. The Morgan fingerprint density at radius 3 is 2.64 bits per heavy atom. The van der Waals surface area contributed by atoms with Crippen LogP contribution in [0.2, 0.25) is 5.02 Å². The van der Waals surface area contributed by atoms with Crippen LogP contribution in [-0.4, -0.2) is 38.2 Å². The van der Waals surface area contributed by atoms with Crippen molar-refractivity contribution in [2.24, 2.45) is 4.99 Å². The predicted molar refractivity (Wildman–Crippen MR) is 113 cm³/mol. The van der Waals surface area contributed by atoms with Gasteiger partial charge in [-0.3, -0.25) is 14.5 Å². The van der Waals surface area contributed by atoms with E-state index in [1.165, 1.54) is 6.07 Å². The summed E-state index contributed by atoms with van der Waals surface area (Å²) in [5.41, 5.74) is 1.41. The molecule has 0 saturated heterocycles. The molecular formula is C19H20ClN3O3S2. The quantitative estimate of drug-likeness (QED) is 0.697. The fourth-order valence-corrected chi connectivity index (χ4v) is 4.60. The average Bonchev–Trinajstić information content (AvgIpc) is 2.95. The predicted octanol–water partition coefficient (Wildman–Crippen LogP) is 2.82. The Labute approximate surface area is 173 Å². The Morgan fingerprint density at radius 1 is 1.21 bits per heavy atom. The van der Waals surface area contributed by atoms with Gasteiger partial charge in [0.25, 0.3) is 10.0 Å². The Morgan fingerprint density at radius 2 is 1.93 bits per heavy atom. The Hall–Kier alpha value is -2.03. The average molecular weight is 438 g/mol. The van der Waals surface area contributed by atoms with E-state index >= 15 is 0 Å². The molecule has 0 spiro atoms. The maximum Gasteiger partial charge on any atom is 0.263 e. The molecular weight excluding hydrogens is 418 g/mol. The molecule has 2 aromatic carbocycles. The van der Waals surface area contributed by atoms with Crippen molar-refractivity contribution in [1.29, 1.82) is 0 Å². The standard InChI is InChI=1S/C19H20ClN3O3S2/c1-27-11-10-16(19(24)21-12-13-6-8-14(20)9-7-13)22-18-15-4-2-3-5-17(15)28(25,26)23-18/h2-9,16H,10-12H2,1H3,(H,21,24)(H,22,23)/t16-/m1/s1. The summed E-state index contributed by atoms with van der Waals surface area (Å²) in [6.45, 7) is 0.346. The number of hydrogen-bond acceptors (Lipinski definition) is 5. The van der Waals surface area contributed by atoms with Gasteiger partial charge in [0.2, 0.25) is 5.91 Å². The van der Waals surface area contributed by atoms with Gasteiger partial charge >= 0.3 is 0 Å². The highest BCUT2D eigenvalue weighted by Crippen LogP contribution is 2.23. The summed E-state index contributed by atoms with van der Waals surface area (Å²) in [6, 6.07) is 13.1. The molecule has 0 fully saturated rings. The molecule has 0 saturated carbocycles. The number of nitrogens with zero attached hydrogens (tertiary/aromatic N) is 1. The Balaban J connectivity index is 1.79. The van der Waals surface area contributed by atoms with Crippen LogP contribution in [0.1, 0.15) is 17.5 Å². The zero-order chi connectivity index (χ0) is 20.1. The molecule has 28 heavy (non-hydrogen) atoms. The monoisotopic (exact) mass is 437 g/mol. The SMILES string of the molecule is CSCC[C@@H](N=C1NS(=O)(=O)c2ccccc21)C(=O)NCc1ccc(Cl)cc1. The molecule has 0 aromatic heterocycles. The van der Waals surface area contributed by atoms with Crippen LogP contribution < -0.4 is 10.0 Å². The van der Waals surface area contributed by atoms with Crippen molar-refractivity contribution in [2.75, 3.05) is 12.0 Å². The van der Waals surface area contributed by atoms with E-state index in [-0.39, 0.29) is 16.6 Å². The molecule has 0 aliphatic carbocycles. The van der Waals surface area contributed by atoms with E-state index in [0.29, 0.717) is 23.6 Å². The van der Waals surface area contributed by atoms with Crippen molar-refractivity contribution in [3.8, 4) is 0 Å². The number of fused-ring (bicyclic) bond motifs is 1. The molecule has 2 aromatic rings. The molecule has 6 nitrogen and oxygen atoms in total. The fourth-order valence-electron chi connectivity index (χ4n) is 2.78. The van der Waals surface area contributed by atoms with Crippen LogP contribution in [0.25, 0.3) is 0 Å². The molecule has 0 radical (unpaired) electrons. The summed E-state index contributed by atoms with van der Waals surface area (Å²) < 4.78 is 27.0. The number of halogens is 1. The van der Waals surface area contributed by atoms with Gasteiger partial charge in [0.15, 0.2) is 0 Å². The lowest BCUT2D eigenvalue weighted by Crippen LogP contribution is -2.35. The molecule has 1 aliphatic heterocycles. The molecule has 3 rings (SSSR count). The molecule has 0 bridgehead atoms. The van der Waals surface area contributed by atoms with Crippen LogP contribution in [0.3, 0.4) is 0 Å². The summed E-state index contributed by atoms with van der Waals surface area (Å²) in [6.07, 6.45) is 2.45. The first kappa shape index (κ1) is 20.7. The second-order valence-corrected chi connectivity index (χ2v) is 9.29. The molecule has 2 N–H and O–H groups in total. The summed E-state index contributed by atoms with van der Waals surface area (Å²) in [4.78, 5) is 17.4. The van der Waals surface area contributed by atoms with Crippen molar-refractivity contribution >= 4 is 45.1 Å². The zero-order valence-corrected chi connectivity index (χ0v) is 17.6. The van der Waals surface area contributed by atoms with Gasteiger partial charge in [0, 0.05) is 17.1 Å². The number of nitrogens with one attached hydrogen (secondary N) is 2. The first-order valence-corrected chi connectivity index (χ1v) is 11.9. The third kappa shape index (κ3) is 4.87. The second kappa shape index (κ2) is 8.98. The first-order valence-electron chi connectivity index (χ1n) is 8.62. The largest absolute Gasteiger partial charge is 0.350 e. The number of carbonyl (C=O) groups is 1. The van der Waals surface area contributed by atoms with Crippen LogP contribution in [0.5, 0.6) is 0 Å². The van der Waals surface area contributed by atoms with Gasteiger partial charge in [-0.2, -0.15) is 11.8 Å². The first-order chi connectivity index (χ1) is 13.4. The molecule has 1 atom stereocenters. The molecule has 148 valence electrons. The van der Waals surface area contributed by atoms with Gasteiger partial charge in [-0.05, 0) is 48.3 Å². The van der Waals surface area contributed by atoms with Crippen molar-refractivity contribution in [3.63, 3.8) is 0 Å². The minimum atomic E-state index is -3.64. The lowest BCUT2D eigenvalue weighted by molar-refractivity contribution is -0.122. The van der Waals surface area contributed by atoms with Crippen molar-refractivity contribution in [2.45, 2.75) is 23.9 Å². The summed E-state index contributed by atoms with van der Waals surface area (Å²) in [5.74, 6) is 0.688. The smallest absolute Gasteiger partial charge is 0.263 e. The highest BCUT2D eigenvalue weighted by Gasteiger charge is 2.31. The van der Waals surface area contributed by atoms with Gasteiger partial charge in [-0.1, -0.05) is 35.9 Å². The van der Waals surface area contributed by atoms with Gasteiger partial charge in [0.1, 0.15) is 11.9 Å². The van der Waals surface area contributed by atoms with Crippen molar-refractivity contribution in [3.05, 3.63) is 64.7 Å². The molecule has 9 heteroatoms. The van der Waals surface area contributed by atoms with Crippen LogP contribution in [0, 0.1) is 0 Å². The lowest BCUT2D eigenvalue weighted by atomic mass is 10.1. The third-order valence-corrected chi connectivity index (χ3v) is 6.52. The topological polar surface area (TPSA) is 87.6 Å². The maximum atomic E-state index is 12.7. The maximum absolute atomic E-state index is 12.7. The zero-order valence-electron chi connectivity index (χ0n) is 15.2. The van der Waals surface area contributed by atoms with Gasteiger partial charge in [-0.25, -0.2) is 8.42 Å². The highest BCUT2D eigenvalue weighted by molar-refractivity contribution is 7.98. The van der Waals surface area contributed by atoms with E-state index in [9.17, 15) is 13.2 Å². The number of aliphatic imine (C=N–C) groups is 1. The number of carbonyl (C=O) groups excluding carboxylic acids is 1. The van der Waals surface area contributed by atoms with Gasteiger partial charge in [-0.15, -0.1) is 0 Å². The Bertz CT molecular complexity index is 992. The highest BCUT2D eigenvalue weighted by atomic mass is 35.5. The normalized spacial score (nSPS) is 17.0. The third-order valence-electron chi connectivity index (χ3n) is 4.23. The van der Waals surface area contributed by atoms with Crippen molar-refractivity contribution in [1.82, 2.24) is 10.0 Å². The number of amidine groups is 1. The van der Waals surface area contributed by atoms with E-state index in [1.807, 2.05) is 18.4 Å². The summed E-state index contributed by atoms with van der Waals surface area (Å²) >= 11 is 7.48. The summed E-state index contributed by atoms with van der Waals surface area (Å²) in [7, 11) is -3.64. The van der Waals surface area contributed by atoms with Gasteiger partial charge < -0.3 is 5.32 Å². The van der Waals surface area contributed by atoms with Crippen LogP contribution >= 0.6 is 23.4 Å². The molecule has 1 amide bonds. The minimum Gasteiger partial charge on any atom is -0.350 e. The number of amides is 1. The lowest BCUT2D eigenvalue weighted by Gasteiger charge is -2.14. The van der Waals surface area contributed by atoms with Crippen LogP contribution in [0.15, 0.2) is 58.4 Å². The Kier molecular flexibility index (Phi) is 6.64. The number of rotatable bonds is 7. The molecule has 1 heterocycles. The number of hydrogen-bond donors (Lipinski definition) is 2. The van der Waals surface area contributed by atoms with E-state index < -0.39 is 16.1 Å². The van der Waals surface area contributed by atoms with E-state index in [1.54, 1.807) is 42.1 Å². The number of sulfonamides is 1. The summed E-state index contributed by atoms with van der Waals surface area (Å²) in [5, 5.41) is 3.50. The number of benzene rings is 2. The second-order valence-electron chi connectivity index (χ2n) is 6.22. The van der Waals surface area contributed by atoms with E-state index in [2.05, 4.69) is 15.0 Å². The minimum absolute atomic E-state index is 0.180. The van der Waals surface area contributed by atoms with E-state index in [0.717, 1.165) is 11.3 Å². The number of thioether (sulfide) groups is 1.